The van der Waals surface area contributed by atoms with E-state index in [2.05, 4.69) is 19.4 Å². The Morgan fingerprint density at radius 2 is 2.08 bits per heavy atom. The van der Waals surface area contributed by atoms with Gasteiger partial charge in [-0.25, -0.2) is 0 Å². The SMILES string of the molecule is Cc1nnsc1C(=O)N1CCC[C@]12CCCN(C[C@@H]1CCCO1)CC2. The quantitative estimate of drug-likeness (QED) is 0.825. The smallest absolute Gasteiger partial charge is 0.267 e. The van der Waals surface area contributed by atoms with Gasteiger partial charge in [-0.2, -0.15) is 0 Å². The summed E-state index contributed by atoms with van der Waals surface area (Å²) in [5.74, 6) is 0.151. The summed E-state index contributed by atoms with van der Waals surface area (Å²) in [6.07, 6.45) is 8.43. The number of ether oxygens (including phenoxy) is 1. The molecular weight excluding hydrogens is 336 g/mol. The molecule has 3 aliphatic heterocycles. The third-order valence-electron chi connectivity index (χ3n) is 6.18. The highest BCUT2D eigenvalue weighted by molar-refractivity contribution is 7.07. The van der Waals surface area contributed by atoms with E-state index >= 15 is 0 Å². The largest absolute Gasteiger partial charge is 0.377 e. The van der Waals surface area contributed by atoms with E-state index in [1.54, 1.807) is 0 Å². The maximum absolute atomic E-state index is 13.1. The summed E-state index contributed by atoms with van der Waals surface area (Å²) in [6.45, 7) is 6.95. The second kappa shape index (κ2) is 7.29. The van der Waals surface area contributed by atoms with E-state index in [0.717, 1.165) is 75.5 Å². The van der Waals surface area contributed by atoms with E-state index in [4.69, 9.17) is 4.74 Å². The molecule has 3 aliphatic rings. The van der Waals surface area contributed by atoms with Gasteiger partial charge < -0.3 is 14.5 Å². The number of carbonyl (C=O) groups excluding carboxylic acids is 1. The van der Waals surface area contributed by atoms with Gasteiger partial charge in [0, 0.05) is 31.8 Å². The predicted octanol–water partition coefficient (Wildman–Crippen LogP) is 2.49. The molecule has 3 fully saturated rings. The minimum atomic E-state index is 0.0405. The first-order valence-corrected chi connectivity index (χ1v) is 10.4. The number of hydrogen-bond donors (Lipinski definition) is 0. The van der Waals surface area contributed by atoms with E-state index in [0.29, 0.717) is 6.10 Å². The Kier molecular flexibility index (Phi) is 5.06. The molecule has 4 heterocycles. The van der Waals surface area contributed by atoms with Crippen molar-refractivity contribution in [3.8, 4) is 0 Å². The zero-order chi connectivity index (χ0) is 17.3. The Bertz CT molecular complexity index is 616. The van der Waals surface area contributed by atoms with Gasteiger partial charge in [-0.1, -0.05) is 4.49 Å². The van der Waals surface area contributed by atoms with Crippen molar-refractivity contribution in [2.75, 3.05) is 32.8 Å². The molecule has 1 spiro atoms. The van der Waals surface area contributed by atoms with Crippen LogP contribution < -0.4 is 0 Å². The lowest BCUT2D eigenvalue weighted by Crippen LogP contribution is -2.48. The molecule has 0 N–H and O–H groups in total. The molecule has 1 aromatic rings. The maximum atomic E-state index is 13.1. The fraction of sp³-hybridized carbons (Fsp3) is 0.833. The van der Waals surface area contributed by atoms with Crippen molar-refractivity contribution < 1.29 is 9.53 Å². The van der Waals surface area contributed by atoms with Crippen LogP contribution in [0.1, 0.15) is 60.3 Å². The molecule has 138 valence electrons. The molecule has 0 bridgehead atoms. The van der Waals surface area contributed by atoms with Gasteiger partial charge in [0.1, 0.15) is 4.88 Å². The molecule has 25 heavy (non-hydrogen) atoms. The Balaban J connectivity index is 1.45. The van der Waals surface area contributed by atoms with Gasteiger partial charge in [0.15, 0.2) is 0 Å². The van der Waals surface area contributed by atoms with E-state index in [9.17, 15) is 4.79 Å². The number of rotatable bonds is 3. The number of aromatic nitrogens is 2. The fourth-order valence-electron chi connectivity index (χ4n) is 4.82. The normalized spacial score (nSPS) is 30.9. The highest BCUT2D eigenvalue weighted by Crippen LogP contribution is 2.40. The lowest BCUT2D eigenvalue weighted by molar-refractivity contribution is 0.0539. The molecule has 0 radical (unpaired) electrons. The Morgan fingerprint density at radius 3 is 2.80 bits per heavy atom. The van der Waals surface area contributed by atoms with Crippen molar-refractivity contribution in [3.63, 3.8) is 0 Å². The van der Waals surface area contributed by atoms with Gasteiger partial charge in [0.2, 0.25) is 0 Å². The fourth-order valence-corrected chi connectivity index (χ4v) is 5.43. The average Bonchev–Trinajstić information content (AvgIpc) is 3.30. The molecule has 1 aromatic heterocycles. The Labute approximate surface area is 153 Å². The zero-order valence-electron chi connectivity index (χ0n) is 15.1. The van der Waals surface area contributed by atoms with Gasteiger partial charge in [0.05, 0.1) is 11.8 Å². The topological polar surface area (TPSA) is 58.6 Å². The Morgan fingerprint density at radius 1 is 1.24 bits per heavy atom. The second-order valence-corrected chi connectivity index (χ2v) is 8.52. The monoisotopic (exact) mass is 364 g/mol. The van der Waals surface area contributed by atoms with Gasteiger partial charge in [-0.05, 0) is 69.9 Å². The van der Waals surface area contributed by atoms with Crippen molar-refractivity contribution in [3.05, 3.63) is 10.6 Å². The molecule has 0 aliphatic carbocycles. The van der Waals surface area contributed by atoms with Crippen LogP contribution in [0.5, 0.6) is 0 Å². The molecule has 6 nitrogen and oxygen atoms in total. The molecule has 4 rings (SSSR count). The minimum Gasteiger partial charge on any atom is -0.377 e. The molecule has 2 atom stereocenters. The highest BCUT2D eigenvalue weighted by Gasteiger charge is 2.45. The van der Waals surface area contributed by atoms with Crippen LogP contribution in [-0.2, 0) is 4.74 Å². The Hall–Kier alpha value is -1.05. The minimum absolute atomic E-state index is 0.0405. The number of hydrogen-bond acceptors (Lipinski definition) is 6. The van der Waals surface area contributed by atoms with Crippen molar-refractivity contribution in [1.29, 1.82) is 0 Å². The maximum Gasteiger partial charge on any atom is 0.267 e. The summed E-state index contributed by atoms with van der Waals surface area (Å²) >= 11 is 1.24. The van der Waals surface area contributed by atoms with E-state index in [-0.39, 0.29) is 11.4 Å². The molecule has 0 saturated carbocycles. The van der Waals surface area contributed by atoms with Crippen molar-refractivity contribution in [1.82, 2.24) is 19.4 Å². The van der Waals surface area contributed by atoms with Gasteiger partial charge in [-0.15, -0.1) is 5.10 Å². The van der Waals surface area contributed by atoms with E-state index in [1.165, 1.54) is 24.4 Å². The second-order valence-electron chi connectivity index (χ2n) is 7.76. The van der Waals surface area contributed by atoms with Gasteiger partial charge >= 0.3 is 0 Å². The van der Waals surface area contributed by atoms with Crippen LogP contribution in [0.25, 0.3) is 0 Å². The summed E-state index contributed by atoms with van der Waals surface area (Å²) < 4.78 is 9.77. The van der Waals surface area contributed by atoms with E-state index < -0.39 is 0 Å². The van der Waals surface area contributed by atoms with Gasteiger partial charge in [-0.3, -0.25) is 4.79 Å². The first-order valence-electron chi connectivity index (χ1n) is 9.63. The summed E-state index contributed by atoms with van der Waals surface area (Å²) in [5, 5.41) is 4.03. The van der Waals surface area contributed by atoms with Crippen molar-refractivity contribution in [2.45, 2.75) is 63.5 Å². The lowest BCUT2D eigenvalue weighted by Gasteiger charge is -2.38. The summed E-state index contributed by atoms with van der Waals surface area (Å²) in [7, 11) is 0. The molecule has 0 aromatic carbocycles. The van der Waals surface area contributed by atoms with Crippen molar-refractivity contribution in [2.24, 2.45) is 0 Å². The highest BCUT2D eigenvalue weighted by atomic mass is 32.1. The zero-order valence-corrected chi connectivity index (χ0v) is 15.9. The van der Waals surface area contributed by atoms with Crippen molar-refractivity contribution >= 4 is 17.4 Å². The first kappa shape index (κ1) is 17.4. The number of nitrogens with zero attached hydrogens (tertiary/aromatic N) is 4. The number of likely N-dealkylation sites (tertiary alicyclic amines) is 2. The number of amides is 1. The van der Waals surface area contributed by atoms with Crippen LogP contribution in [0.3, 0.4) is 0 Å². The molecule has 3 saturated heterocycles. The lowest BCUT2D eigenvalue weighted by atomic mass is 9.87. The third kappa shape index (κ3) is 3.46. The third-order valence-corrected chi connectivity index (χ3v) is 7.00. The summed E-state index contributed by atoms with van der Waals surface area (Å²) in [5.41, 5.74) is 0.810. The van der Waals surface area contributed by atoms with Gasteiger partial charge in [0.25, 0.3) is 5.91 Å². The van der Waals surface area contributed by atoms with Crippen LogP contribution in [0.2, 0.25) is 0 Å². The molecular formula is C18H28N4O2S. The molecule has 7 heteroatoms. The van der Waals surface area contributed by atoms with E-state index in [1.807, 2.05) is 6.92 Å². The summed E-state index contributed by atoms with van der Waals surface area (Å²) in [6, 6.07) is 0. The first-order chi connectivity index (χ1) is 12.2. The summed E-state index contributed by atoms with van der Waals surface area (Å²) in [4.78, 5) is 18.5. The van der Waals surface area contributed by atoms with Crippen LogP contribution in [0.15, 0.2) is 0 Å². The average molecular weight is 365 g/mol. The predicted molar refractivity (Wildman–Crippen MR) is 96.9 cm³/mol. The standard InChI is InChI=1S/C18H28N4O2S/c1-14-16(25-20-19-14)17(23)22-10-4-7-18(22)6-3-9-21(11-8-18)13-15-5-2-12-24-15/h15H,2-13H2,1H3/t15-,18-/m0/s1. The van der Waals surface area contributed by atoms with Crippen LogP contribution in [0.4, 0.5) is 0 Å². The van der Waals surface area contributed by atoms with Crippen LogP contribution >= 0.6 is 11.5 Å². The van der Waals surface area contributed by atoms with Crippen LogP contribution in [-0.4, -0.2) is 69.7 Å². The molecule has 0 unspecified atom stereocenters. The number of aryl methyl sites for hydroxylation is 1. The van der Waals surface area contributed by atoms with Crippen LogP contribution in [0, 0.1) is 6.92 Å². The molecule has 1 amide bonds. The number of carbonyl (C=O) groups is 1.